The molecule has 1 saturated heterocycles. The zero-order valence-electron chi connectivity index (χ0n) is 20.6. The average Bonchev–Trinajstić information content (AvgIpc) is 2.87. The van der Waals surface area contributed by atoms with Crippen LogP contribution in [-0.4, -0.2) is 48.9 Å². The number of methoxy groups -OCH3 is 1. The molecule has 1 aliphatic carbocycles. The Labute approximate surface area is 215 Å². The number of fused-ring (bicyclic) bond motifs is 1. The normalized spacial score (nSPS) is 17.0. The molecule has 2 aromatic carbocycles. The highest BCUT2D eigenvalue weighted by Gasteiger charge is 2.26. The van der Waals surface area contributed by atoms with Crippen molar-refractivity contribution < 1.29 is 14.3 Å². The molecular weight excluding hydrogens is 480 g/mol. The molecule has 1 aromatic heterocycles. The zero-order chi connectivity index (χ0) is 25.2. The number of anilines is 2. The molecule has 1 N–H and O–H groups in total. The topological polar surface area (TPSA) is 85.7 Å². The molecule has 1 aliphatic heterocycles. The van der Waals surface area contributed by atoms with Gasteiger partial charge in [-0.1, -0.05) is 30.2 Å². The van der Waals surface area contributed by atoms with E-state index in [0.29, 0.717) is 71.9 Å². The Balaban J connectivity index is 1.61. The standard InChI is InChI=1S/C27H31ClN4O4/c1-17(29-23-9-4-3-8-20(23)26(34)35-2)21-14-19(28)15-22-24(21)30-27(31-10-12-36-13-11-31)32(25(22)33)16-18-6-5-7-18/h3-4,8-9,14-15,17-18,29H,5-7,10-13,16H2,1-2H3. The van der Waals surface area contributed by atoms with Gasteiger partial charge in [0, 0.05) is 35.9 Å². The molecule has 1 saturated carbocycles. The quantitative estimate of drug-likeness (QED) is 0.463. The number of morpholine rings is 1. The van der Waals surface area contributed by atoms with Gasteiger partial charge in [0.05, 0.1) is 42.8 Å². The van der Waals surface area contributed by atoms with E-state index in [1.165, 1.54) is 13.5 Å². The summed E-state index contributed by atoms with van der Waals surface area (Å²) in [5.74, 6) is 0.761. The van der Waals surface area contributed by atoms with E-state index in [1.807, 2.05) is 29.7 Å². The second-order valence-electron chi connectivity index (χ2n) is 9.52. The van der Waals surface area contributed by atoms with E-state index in [1.54, 1.807) is 18.2 Å². The number of aromatic nitrogens is 2. The molecule has 2 heterocycles. The van der Waals surface area contributed by atoms with Gasteiger partial charge in [-0.3, -0.25) is 9.36 Å². The largest absolute Gasteiger partial charge is 0.465 e. The zero-order valence-corrected chi connectivity index (χ0v) is 21.4. The summed E-state index contributed by atoms with van der Waals surface area (Å²) in [6.07, 6.45) is 3.47. The molecule has 2 fully saturated rings. The molecule has 0 radical (unpaired) electrons. The van der Waals surface area contributed by atoms with Crippen molar-refractivity contribution in [2.45, 2.75) is 38.8 Å². The van der Waals surface area contributed by atoms with Crippen LogP contribution in [0.1, 0.15) is 48.1 Å². The summed E-state index contributed by atoms with van der Waals surface area (Å²) < 4.78 is 12.3. The second kappa shape index (κ2) is 10.5. The maximum atomic E-state index is 13.9. The Bertz CT molecular complexity index is 1330. The molecule has 190 valence electrons. The molecule has 36 heavy (non-hydrogen) atoms. The Hall–Kier alpha value is -3.10. The lowest BCUT2D eigenvalue weighted by molar-refractivity contribution is 0.0602. The highest BCUT2D eigenvalue weighted by Crippen LogP contribution is 2.32. The summed E-state index contributed by atoms with van der Waals surface area (Å²) in [5, 5.41) is 4.38. The van der Waals surface area contributed by atoms with Gasteiger partial charge in [-0.15, -0.1) is 0 Å². The molecule has 0 bridgehead atoms. The highest BCUT2D eigenvalue weighted by atomic mass is 35.5. The van der Waals surface area contributed by atoms with Crippen LogP contribution in [0.25, 0.3) is 10.9 Å². The summed E-state index contributed by atoms with van der Waals surface area (Å²) in [6, 6.07) is 10.4. The van der Waals surface area contributed by atoms with Crippen LogP contribution >= 0.6 is 11.6 Å². The van der Waals surface area contributed by atoms with Crippen LogP contribution in [0.5, 0.6) is 0 Å². The van der Waals surface area contributed by atoms with E-state index in [9.17, 15) is 9.59 Å². The first kappa shape index (κ1) is 24.6. The van der Waals surface area contributed by atoms with E-state index >= 15 is 0 Å². The number of rotatable bonds is 7. The number of carbonyl (C=O) groups is 1. The fourth-order valence-electron chi connectivity index (χ4n) is 4.95. The van der Waals surface area contributed by atoms with Gasteiger partial charge in [-0.25, -0.2) is 9.78 Å². The maximum absolute atomic E-state index is 13.9. The second-order valence-corrected chi connectivity index (χ2v) is 9.95. The summed E-state index contributed by atoms with van der Waals surface area (Å²) in [6.45, 7) is 5.21. The highest BCUT2D eigenvalue weighted by molar-refractivity contribution is 6.31. The first-order valence-corrected chi connectivity index (χ1v) is 12.8. The lowest BCUT2D eigenvalue weighted by atomic mass is 9.85. The van der Waals surface area contributed by atoms with Gasteiger partial charge in [-0.2, -0.15) is 0 Å². The molecule has 0 amide bonds. The first-order valence-electron chi connectivity index (χ1n) is 12.5. The van der Waals surface area contributed by atoms with Crippen molar-refractivity contribution in [3.8, 4) is 0 Å². The van der Waals surface area contributed by atoms with Gasteiger partial charge in [-0.05, 0) is 49.9 Å². The molecule has 9 heteroatoms. The Morgan fingerprint density at radius 1 is 1.25 bits per heavy atom. The Morgan fingerprint density at radius 2 is 2.00 bits per heavy atom. The summed E-state index contributed by atoms with van der Waals surface area (Å²) in [4.78, 5) is 33.4. The molecule has 0 spiro atoms. The number of ether oxygens (including phenoxy) is 2. The minimum absolute atomic E-state index is 0.0701. The Kier molecular flexibility index (Phi) is 7.16. The lowest BCUT2D eigenvalue weighted by Crippen LogP contribution is -2.41. The van der Waals surface area contributed by atoms with Crippen LogP contribution in [0.3, 0.4) is 0 Å². The van der Waals surface area contributed by atoms with Gasteiger partial charge in [0.1, 0.15) is 0 Å². The summed E-state index contributed by atoms with van der Waals surface area (Å²) >= 11 is 6.53. The van der Waals surface area contributed by atoms with Crippen molar-refractivity contribution in [2.24, 2.45) is 5.92 Å². The number of hydrogen-bond acceptors (Lipinski definition) is 7. The first-order chi connectivity index (χ1) is 17.5. The minimum atomic E-state index is -0.423. The van der Waals surface area contributed by atoms with Crippen molar-refractivity contribution in [3.05, 3.63) is 62.9 Å². The van der Waals surface area contributed by atoms with Crippen LogP contribution in [0, 0.1) is 5.92 Å². The molecule has 2 aliphatic rings. The van der Waals surface area contributed by atoms with Crippen LogP contribution in [-0.2, 0) is 16.0 Å². The fourth-order valence-corrected chi connectivity index (χ4v) is 5.17. The van der Waals surface area contributed by atoms with E-state index in [-0.39, 0.29) is 11.6 Å². The van der Waals surface area contributed by atoms with E-state index in [2.05, 4.69) is 10.2 Å². The number of halogens is 1. The van der Waals surface area contributed by atoms with Gasteiger partial charge in [0.25, 0.3) is 5.56 Å². The van der Waals surface area contributed by atoms with E-state index in [0.717, 1.165) is 18.4 Å². The SMILES string of the molecule is COC(=O)c1ccccc1NC(C)c1cc(Cl)cc2c(=O)n(CC3CCC3)c(N3CCOCC3)nc12. The molecule has 5 rings (SSSR count). The summed E-state index contributed by atoms with van der Waals surface area (Å²) in [7, 11) is 1.36. The average molecular weight is 511 g/mol. The van der Waals surface area contributed by atoms with Crippen LogP contribution < -0.4 is 15.8 Å². The van der Waals surface area contributed by atoms with Gasteiger partial charge in [0.2, 0.25) is 5.95 Å². The third-order valence-corrected chi connectivity index (χ3v) is 7.38. The number of benzene rings is 2. The van der Waals surface area contributed by atoms with Crippen molar-refractivity contribution >= 4 is 40.1 Å². The molecule has 8 nitrogen and oxygen atoms in total. The van der Waals surface area contributed by atoms with E-state index in [4.69, 9.17) is 26.1 Å². The third-order valence-electron chi connectivity index (χ3n) is 7.16. The predicted octanol–water partition coefficient (Wildman–Crippen LogP) is 4.65. The molecular formula is C27H31ClN4O4. The van der Waals surface area contributed by atoms with E-state index < -0.39 is 5.97 Å². The van der Waals surface area contributed by atoms with Crippen LogP contribution in [0.2, 0.25) is 5.02 Å². The van der Waals surface area contributed by atoms with Crippen molar-refractivity contribution in [1.29, 1.82) is 0 Å². The van der Waals surface area contributed by atoms with Crippen LogP contribution in [0.4, 0.5) is 11.6 Å². The monoisotopic (exact) mass is 510 g/mol. The third kappa shape index (κ3) is 4.80. The van der Waals surface area contributed by atoms with Crippen molar-refractivity contribution in [3.63, 3.8) is 0 Å². The number of nitrogens with one attached hydrogen (secondary N) is 1. The van der Waals surface area contributed by atoms with Crippen molar-refractivity contribution in [2.75, 3.05) is 43.6 Å². The summed E-state index contributed by atoms with van der Waals surface area (Å²) in [5.41, 5.74) is 2.41. The van der Waals surface area contributed by atoms with Crippen LogP contribution in [0.15, 0.2) is 41.2 Å². The maximum Gasteiger partial charge on any atom is 0.339 e. The number of carbonyl (C=O) groups excluding carboxylic acids is 1. The molecule has 1 atom stereocenters. The number of para-hydroxylation sites is 1. The van der Waals surface area contributed by atoms with Gasteiger partial charge >= 0.3 is 5.97 Å². The minimum Gasteiger partial charge on any atom is -0.465 e. The predicted molar refractivity (Wildman–Crippen MR) is 141 cm³/mol. The van der Waals surface area contributed by atoms with Crippen molar-refractivity contribution in [1.82, 2.24) is 9.55 Å². The lowest BCUT2D eigenvalue weighted by Gasteiger charge is -2.33. The number of hydrogen-bond donors (Lipinski definition) is 1. The van der Waals surface area contributed by atoms with Gasteiger partial charge in [0.15, 0.2) is 0 Å². The molecule has 3 aromatic rings. The number of nitrogens with zero attached hydrogens (tertiary/aromatic N) is 3. The smallest absolute Gasteiger partial charge is 0.339 e. The molecule has 1 unspecified atom stereocenters. The number of esters is 1. The Morgan fingerprint density at radius 3 is 2.69 bits per heavy atom. The van der Waals surface area contributed by atoms with Gasteiger partial charge < -0.3 is 19.7 Å². The fraction of sp³-hybridized carbons (Fsp3) is 0.444.